The number of para-hydroxylation sites is 1. The second-order valence-electron chi connectivity index (χ2n) is 5.81. The third-order valence-electron chi connectivity index (χ3n) is 3.97. The summed E-state index contributed by atoms with van der Waals surface area (Å²) in [5.74, 6) is -0.405. The van der Waals surface area contributed by atoms with E-state index in [2.05, 4.69) is 25.7 Å². The molecule has 4 aromatic rings. The lowest BCUT2D eigenvalue weighted by atomic mass is 10.1. The van der Waals surface area contributed by atoms with E-state index in [1.807, 2.05) is 30.5 Å². The summed E-state index contributed by atoms with van der Waals surface area (Å²) in [6.07, 6.45) is 3.42. The average molecular weight is 398 g/mol. The molecule has 0 fully saturated rings. The summed E-state index contributed by atoms with van der Waals surface area (Å²) in [6.45, 7) is 0. The second kappa shape index (κ2) is 7.26. The second-order valence-corrected chi connectivity index (χ2v) is 6.69. The first-order chi connectivity index (χ1) is 13.1. The number of amides is 1. The monoisotopic (exact) mass is 397 g/mol. The standard InChI is InChI=1S/C19H13Cl2N5O/c20-13-5-11(6-14(21)7-13)17-8-18(25-24-17)19(27)26-23-10-12-9-22-16-4-2-1-3-15(12)16/h1-10,22H,(H,24,25)(H,26,27)/b23-10+. The van der Waals surface area contributed by atoms with Crippen molar-refractivity contribution in [3.8, 4) is 11.3 Å². The van der Waals surface area contributed by atoms with Crippen LogP contribution in [0.1, 0.15) is 16.1 Å². The Morgan fingerprint density at radius 3 is 2.70 bits per heavy atom. The first-order valence-corrected chi connectivity index (χ1v) is 8.77. The maximum absolute atomic E-state index is 12.3. The fourth-order valence-corrected chi connectivity index (χ4v) is 3.24. The fraction of sp³-hybridized carbons (Fsp3) is 0. The molecule has 0 saturated heterocycles. The van der Waals surface area contributed by atoms with Crippen molar-refractivity contribution in [3.63, 3.8) is 0 Å². The summed E-state index contributed by atoms with van der Waals surface area (Å²) in [5, 5.41) is 12.8. The molecule has 0 radical (unpaired) electrons. The van der Waals surface area contributed by atoms with Crippen LogP contribution in [0, 0.1) is 0 Å². The lowest BCUT2D eigenvalue weighted by molar-refractivity contribution is 0.0950. The highest BCUT2D eigenvalue weighted by atomic mass is 35.5. The van der Waals surface area contributed by atoms with E-state index in [9.17, 15) is 4.79 Å². The van der Waals surface area contributed by atoms with E-state index in [1.165, 1.54) is 0 Å². The van der Waals surface area contributed by atoms with Gasteiger partial charge in [-0.1, -0.05) is 41.4 Å². The van der Waals surface area contributed by atoms with Gasteiger partial charge in [-0.25, -0.2) is 5.43 Å². The molecule has 0 aliphatic heterocycles. The number of carbonyl (C=O) groups excluding carboxylic acids is 1. The Morgan fingerprint density at radius 2 is 1.89 bits per heavy atom. The number of nitrogens with zero attached hydrogens (tertiary/aromatic N) is 2. The molecular weight excluding hydrogens is 385 g/mol. The van der Waals surface area contributed by atoms with E-state index in [-0.39, 0.29) is 5.69 Å². The van der Waals surface area contributed by atoms with Gasteiger partial charge < -0.3 is 4.98 Å². The molecule has 2 heterocycles. The third kappa shape index (κ3) is 3.72. The van der Waals surface area contributed by atoms with E-state index in [0.717, 1.165) is 16.5 Å². The average Bonchev–Trinajstić information content (AvgIpc) is 3.28. The van der Waals surface area contributed by atoms with Crippen LogP contribution < -0.4 is 5.43 Å². The van der Waals surface area contributed by atoms with Crippen molar-refractivity contribution in [2.75, 3.05) is 0 Å². The number of halogens is 2. The zero-order valence-electron chi connectivity index (χ0n) is 13.8. The molecule has 6 nitrogen and oxygen atoms in total. The number of hydrogen-bond donors (Lipinski definition) is 3. The van der Waals surface area contributed by atoms with Gasteiger partial charge >= 0.3 is 0 Å². The van der Waals surface area contributed by atoms with Crippen LogP contribution in [0.4, 0.5) is 0 Å². The highest BCUT2D eigenvalue weighted by molar-refractivity contribution is 6.35. The predicted molar refractivity (Wildman–Crippen MR) is 107 cm³/mol. The van der Waals surface area contributed by atoms with Gasteiger partial charge in [0, 0.05) is 38.3 Å². The Labute approximate surface area is 164 Å². The highest BCUT2D eigenvalue weighted by Gasteiger charge is 2.11. The zero-order chi connectivity index (χ0) is 18.8. The van der Waals surface area contributed by atoms with Gasteiger partial charge in [0.15, 0.2) is 0 Å². The Morgan fingerprint density at radius 1 is 1.11 bits per heavy atom. The van der Waals surface area contributed by atoms with Gasteiger partial charge in [-0.2, -0.15) is 10.2 Å². The van der Waals surface area contributed by atoms with Gasteiger partial charge in [-0.05, 0) is 30.3 Å². The number of aromatic nitrogens is 3. The summed E-state index contributed by atoms with van der Waals surface area (Å²) in [4.78, 5) is 15.4. The molecule has 0 saturated carbocycles. The normalized spacial score (nSPS) is 11.3. The first-order valence-electron chi connectivity index (χ1n) is 8.01. The predicted octanol–water partition coefficient (Wildman–Crippen LogP) is 4.63. The lowest BCUT2D eigenvalue weighted by Gasteiger charge is -1.98. The van der Waals surface area contributed by atoms with E-state index >= 15 is 0 Å². The minimum absolute atomic E-state index is 0.275. The molecule has 2 aromatic heterocycles. The molecular formula is C19H13Cl2N5O. The van der Waals surface area contributed by atoms with Gasteiger partial charge in [0.1, 0.15) is 5.69 Å². The van der Waals surface area contributed by atoms with E-state index in [1.54, 1.807) is 30.5 Å². The third-order valence-corrected chi connectivity index (χ3v) is 4.41. The molecule has 0 spiro atoms. The molecule has 1 amide bonds. The summed E-state index contributed by atoms with van der Waals surface area (Å²) in [5.41, 5.74) is 5.91. The summed E-state index contributed by atoms with van der Waals surface area (Å²) >= 11 is 12.0. The van der Waals surface area contributed by atoms with Gasteiger partial charge in [0.05, 0.1) is 11.9 Å². The number of hydrogen-bond acceptors (Lipinski definition) is 3. The van der Waals surface area contributed by atoms with Crippen LogP contribution in [-0.4, -0.2) is 27.3 Å². The van der Waals surface area contributed by atoms with E-state index in [0.29, 0.717) is 21.3 Å². The smallest absolute Gasteiger partial charge is 0.289 e. The molecule has 4 rings (SSSR count). The summed E-state index contributed by atoms with van der Waals surface area (Å²) < 4.78 is 0. The van der Waals surface area contributed by atoms with Gasteiger partial charge in [-0.3, -0.25) is 9.89 Å². The van der Waals surface area contributed by atoms with E-state index in [4.69, 9.17) is 23.2 Å². The van der Waals surface area contributed by atoms with Crippen molar-refractivity contribution in [2.45, 2.75) is 0 Å². The number of aromatic amines is 2. The molecule has 0 aliphatic rings. The number of fused-ring (bicyclic) bond motifs is 1. The quantitative estimate of drug-likeness (QED) is 0.346. The maximum Gasteiger partial charge on any atom is 0.289 e. The SMILES string of the molecule is O=C(N/N=C/c1c[nH]c2ccccc12)c1cc(-c2cc(Cl)cc(Cl)c2)n[nH]1. The molecule has 27 heavy (non-hydrogen) atoms. The van der Waals surface area contributed by atoms with Gasteiger partial charge in [0.2, 0.25) is 0 Å². The highest BCUT2D eigenvalue weighted by Crippen LogP contribution is 2.26. The Balaban J connectivity index is 1.48. The van der Waals surface area contributed by atoms with Crippen LogP contribution >= 0.6 is 23.2 Å². The number of hydrazone groups is 1. The molecule has 0 bridgehead atoms. The van der Waals surface area contributed by atoms with Gasteiger partial charge in [-0.15, -0.1) is 0 Å². The Hall–Kier alpha value is -3.09. The Bertz CT molecular complexity index is 1140. The van der Waals surface area contributed by atoms with Crippen molar-refractivity contribution in [2.24, 2.45) is 5.10 Å². The van der Waals surface area contributed by atoms with Crippen molar-refractivity contribution < 1.29 is 4.79 Å². The van der Waals surface area contributed by atoms with Crippen LogP contribution in [0.25, 0.3) is 22.2 Å². The summed E-state index contributed by atoms with van der Waals surface area (Å²) in [7, 11) is 0. The zero-order valence-corrected chi connectivity index (χ0v) is 15.3. The molecule has 0 aliphatic carbocycles. The molecule has 2 aromatic carbocycles. The first kappa shape index (κ1) is 17.3. The van der Waals surface area contributed by atoms with Gasteiger partial charge in [0.25, 0.3) is 5.91 Å². The number of carbonyl (C=O) groups is 1. The number of rotatable bonds is 4. The number of H-pyrrole nitrogens is 2. The fourth-order valence-electron chi connectivity index (χ4n) is 2.71. The number of nitrogens with one attached hydrogen (secondary N) is 3. The lowest BCUT2D eigenvalue weighted by Crippen LogP contribution is -2.17. The van der Waals surface area contributed by atoms with Crippen LogP contribution in [0.5, 0.6) is 0 Å². The minimum atomic E-state index is -0.405. The van der Waals surface area contributed by atoms with Crippen LogP contribution in [0.3, 0.4) is 0 Å². The topological polar surface area (TPSA) is 85.9 Å². The maximum atomic E-state index is 12.3. The summed E-state index contributed by atoms with van der Waals surface area (Å²) in [6, 6.07) is 14.5. The largest absolute Gasteiger partial charge is 0.361 e. The van der Waals surface area contributed by atoms with Crippen molar-refractivity contribution in [1.82, 2.24) is 20.6 Å². The molecule has 134 valence electrons. The Kier molecular flexibility index (Phi) is 4.66. The molecule has 0 unspecified atom stereocenters. The van der Waals surface area contributed by atoms with Crippen molar-refractivity contribution in [3.05, 3.63) is 76.0 Å². The van der Waals surface area contributed by atoms with Crippen molar-refractivity contribution >= 4 is 46.2 Å². The van der Waals surface area contributed by atoms with Crippen LogP contribution in [0.15, 0.2) is 59.8 Å². The molecule has 8 heteroatoms. The van der Waals surface area contributed by atoms with E-state index < -0.39 is 5.91 Å². The van der Waals surface area contributed by atoms with Crippen LogP contribution in [-0.2, 0) is 0 Å². The van der Waals surface area contributed by atoms with Crippen molar-refractivity contribution in [1.29, 1.82) is 0 Å². The van der Waals surface area contributed by atoms with Crippen LogP contribution in [0.2, 0.25) is 10.0 Å². The molecule has 3 N–H and O–H groups in total. The minimum Gasteiger partial charge on any atom is -0.361 e. The molecule has 0 atom stereocenters. The number of benzene rings is 2.